The van der Waals surface area contributed by atoms with Crippen molar-refractivity contribution in [1.29, 1.82) is 0 Å². The molecular formula is C31H42FN3O3. The van der Waals surface area contributed by atoms with E-state index in [1.807, 2.05) is 24.4 Å². The average molecular weight is 524 g/mol. The van der Waals surface area contributed by atoms with Gasteiger partial charge >= 0.3 is 0 Å². The second-order valence-electron chi connectivity index (χ2n) is 11.4. The van der Waals surface area contributed by atoms with Gasteiger partial charge < -0.3 is 19.5 Å². The third-order valence-corrected chi connectivity index (χ3v) is 6.69. The van der Waals surface area contributed by atoms with E-state index in [4.69, 9.17) is 4.74 Å². The van der Waals surface area contributed by atoms with Gasteiger partial charge in [0.05, 0.1) is 13.2 Å². The molecule has 1 unspecified atom stereocenters. The van der Waals surface area contributed by atoms with E-state index in [0.29, 0.717) is 39.1 Å². The number of ether oxygens (including phenoxy) is 1. The number of carbonyl (C=O) groups is 2. The van der Waals surface area contributed by atoms with E-state index in [0.717, 1.165) is 28.5 Å². The number of aromatic amines is 1. The lowest BCUT2D eigenvalue weighted by Gasteiger charge is -2.29. The predicted molar refractivity (Wildman–Crippen MR) is 150 cm³/mol. The minimum atomic E-state index is -0.314. The molecule has 0 radical (unpaired) electrons. The van der Waals surface area contributed by atoms with Crippen LogP contribution in [0.1, 0.15) is 51.7 Å². The van der Waals surface area contributed by atoms with Crippen LogP contribution in [0, 0.1) is 17.2 Å². The van der Waals surface area contributed by atoms with E-state index in [2.05, 4.69) is 38.7 Å². The Hall–Kier alpha value is -3.19. The summed E-state index contributed by atoms with van der Waals surface area (Å²) in [4.78, 5) is 33.6. The lowest BCUT2D eigenvalue weighted by molar-refractivity contribution is -0.142. The Kier molecular flexibility index (Phi) is 10.5. The van der Waals surface area contributed by atoms with Crippen LogP contribution in [0.4, 0.5) is 4.39 Å². The number of fused-ring (bicyclic) bond motifs is 1. The van der Waals surface area contributed by atoms with Crippen molar-refractivity contribution in [3.05, 3.63) is 71.7 Å². The summed E-state index contributed by atoms with van der Waals surface area (Å²) in [7, 11) is 1.59. The number of halogens is 1. The van der Waals surface area contributed by atoms with Crippen molar-refractivity contribution >= 4 is 22.7 Å². The van der Waals surface area contributed by atoms with Gasteiger partial charge in [-0.15, -0.1) is 0 Å². The van der Waals surface area contributed by atoms with Gasteiger partial charge in [-0.3, -0.25) is 9.59 Å². The van der Waals surface area contributed by atoms with Crippen LogP contribution in [-0.4, -0.2) is 59.9 Å². The zero-order chi connectivity index (χ0) is 27.7. The molecule has 2 aromatic carbocycles. The molecule has 1 heterocycles. The number of carbonyl (C=O) groups excluding carboxylic acids is 2. The smallest absolute Gasteiger partial charge is 0.242 e. The molecule has 1 N–H and O–H groups in total. The monoisotopic (exact) mass is 523 g/mol. The maximum Gasteiger partial charge on any atom is 0.242 e. The first kappa shape index (κ1) is 29.4. The van der Waals surface area contributed by atoms with Crippen LogP contribution in [-0.2, 0) is 27.3 Å². The zero-order valence-electron chi connectivity index (χ0n) is 23.4. The second-order valence-corrected chi connectivity index (χ2v) is 11.4. The van der Waals surface area contributed by atoms with E-state index in [9.17, 15) is 14.0 Å². The summed E-state index contributed by atoms with van der Waals surface area (Å²) < 4.78 is 18.7. The molecule has 0 aliphatic rings. The third-order valence-electron chi connectivity index (χ3n) is 6.69. The Morgan fingerprint density at radius 3 is 2.39 bits per heavy atom. The maximum absolute atomic E-state index is 13.6. The molecule has 0 bridgehead atoms. The van der Waals surface area contributed by atoms with E-state index >= 15 is 0 Å². The van der Waals surface area contributed by atoms with Crippen LogP contribution in [0.3, 0.4) is 0 Å². The fourth-order valence-corrected chi connectivity index (χ4v) is 5.00. The second kappa shape index (κ2) is 13.6. The molecule has 0 saturated heterocycles. The largest absolute Gasteiger partial charge is 0.383 e. The van der Waals surface area contributed by atoms with Crippen molar-refractivity contribution in [2.24, 2.45) is 11.3 Å². The van der Waals surface area contributed by atoms with Crippen molar-refractivity contribution in [3.63, 3.8) is 0 Å². The summed E-state index contributed by atoms with van der Waals surface area (Å²) in [5.41, 5.74) is 3.15. The molecular weight excluding hydrogens is 481 g/mol. The van der Waals surface area contributed by atoms with Gasteiger partial charge in [-0.1, -0.05) is 58.0 Å². The molecule has 7 heteroatoms. The molecule has 3 aromatic rings. The molecule has 0 fully saturated rings. The average Bonchev–Trinajstić information content (AvgIpc) is 3.27. The molecule has 206 valence electrons. The standard InChI is InChI=1S/C31H42FN3O3/c1-23(19-31(2,3)4)18-29(36)35(16-17-38-5)22-30(37)34(21-24-10-12-26(32)13-11-24)15-14-25-20-33-28-9-7-6-8-27(25)28/h6-13,20,23,33H,14-19,21-22H2,1-5H3. The lowest BCUT2D eigenvalue weighted by Crippen LogP contribution is -2.45. The minimum Gasteiger partial charge on any atom is -0.383 e. The van der Waals surface area contributed by atoms with Crippen LogP contribution in [0.5, 0.6) is 0 Å². The van der Waals surface area contributed by atoms with Crippen LogP contribution < -0.4 is 0 Å². The number of methoxy groups -OCH3 is 1. The van der Waals surface area contributed by atoms with Crippen molar-refractivity contribution in [3.8, 4) is 0 Å². The minimum absolute atomic E-state index is 0.0144. The Labute approximate surface area is 226 Å². The summed E-state index contributed by atoms with van der Waals surface area (Å²) in [5.74, 6) is -0.279. The maximum atomic E-state index is 13.6. The van der Waals surface area contributed by atoms with Gasteiger partial charge in [-0.05, 0) is 53.5 Å². The fourth-order valence-electron chi connectivity index (χ4n) is 5.00. The molecule has 1 aromatic heterocycles. The number of rotatable bonds is 13. The highest BCUT2D eigenvalue weighted by molar-refractivity contribution is 5.85. The van der Waals surface area contributed by atoms with Gasteiger partial charge in [0.1, 0.15) is 5.82 Å². The van der Waals surface area contributed by atoms with Gasteiger partial charge in [0.2, 0.25) is 11.8 Å². The third kappa shape index (κ3) is 8.98. The van der Waals surface area contributed by atoms with Crippen molar-refractivity contribution in [2.45, 2.75) is 53.5 Å². The molecule has 0 spiro atoms. The molecule has 38 heavy (non-hydrogen) atoms. The van der Waals surface area contributed by atoms with Crippen molar-refractivity contribution in [2.75, 3.05) is 33.4 Å². The first-order valence-electron chi connectivity index (χ1n) is 13.4. The fraction of sp³-hybridized carbons (Fsp3) is 0.484. The quantitative estimate of drug-likeness (QED) is 0.307. The van der Waals surface area contributed by atoms with Crippen molar-refractivity contribution < 1.29 is 18.7 Å². The van der Waals surface area contributed by atoms with Crippen molar-refractivity contribution in [1.82, 2.24) is 14.8 Å². The number of amides is 2. The number of nitrogens with one attached hydrogen (secondary N) is 1. The van der Waals surface area contributed by atoms with Crippen LogP contribution >= 0.6 is 0 Å². The number of H-pyrrole nitrogens is 1. The molecule has 3 rings (SSSR count). The molecule has 0 saturated carbocycles. The molecule has 0 aliphatic carbocycles. The SMILES string of the molecule is COCCN(CC(=O)N(CCc1c[nH]c2ccccc12)Cc1ccc(F)cc1)C(=O)CC(C)CC(C)(C)C. The Bertz CT molecular complexity index is 1180. The van der Waals surface area contributed by atoms with Gasteiger partial charge in [0.15, 0.2) is 0 Å². The topological polar surface area (TPSA) is 65.6 Å². The van der Waals surface area contributed by atoms with Crippen LogP contribution in [0.15, 0.2) is 54.7 Å². The lowest BCUT2D eigenvalue weighted by atomic mass is 9.84. The summed E-state index contributed by atoms with van der Waals surface area (Å²) in [5, 5.41) is 1.13. The molecule has 2 amide bonds. The zero-order valence-corrected chi connectivity index (χ0v) is 23.4. The Balaban J connectivity index is 1.75. The normalized spacial score (nSPS) is 12.5. The van der Waals surface area contributed by atoms with Gasteiger partial charge in [-0.2, -0.15) is 0 Å². The Morgan fingerprint density at radius 1 is 1.00 bits per heavy atom. The van der Waals surface area contributed by atoms with Crippen LogP contribution in [0.25, 0.3) is 10.9 Å². The van der Waals surface area contributed by atoms with Gasteiger partial charge in [0, 0.05) is 50.3 Å². The summed E-state index contributed by atoms with van der Waals surface area (Å²) >= 11 is 0. The van der Waals surface area contributed by atoms with E-state index in [-0.39, 0.29) is 35.5 Å². The number of para-hydroxylation sites is 1. The highest BCUT2D eigenvalue weighted by Crippen LogP contribution is 2.26. The summed E-state index contributed by atoms with van der Waals surface area (Å²) in [6, 6.07) is 14.3. The highest BCUT2D eigenvalue weighted by Gasteiger charge is 2.25. The van der Waals surface area contributed by atoms with Gasteiger partial charge in [0.25, 0.3) is 0 Å². The van der Waals surface area contributed by atoms with Gasteiger partial charge in [-0.25, -0.2) is 4.39 Å². The molecule has 0 aliphatic heterocycles. The van der Waals surface area contributed by atoms with Crippen LogP contribution in [0.2, 0.25) is 0 Å². The molecule has 6 nitrogen and oxygen atoms in total. The first-order chi connectivity index (χ1) is 18.1. The predicted octanol–water partition coefficient (Wildman–Crippen LogP) is 5.82. The number of benzene rings is 2. The first-order valence-corrected chi connectivity index (χ1v) is 13.4. The number of nitrogens with zero attached hydrogens (tertiary/aromatic N) is 2. The number of hydrogen-bond donors (Lipinski definition) is 1. The number of hydrogen-bond acceptors (Lipinski definition) is 3. The summed E-state index contributed by atoms with van der Waals surface area (Å²) in [6.07, 6.45) is 3.95. The summed E-state index contributed by atoms with van der Waals surface area (Å²) in [6.45, 7) is 10.1. The Morgan fingerprint density at radius 2 is 1.71 bits per heavy atom. The van der Waals surface area contributed by atoms with E-state index < -0.39 is 0 Å². The van der Waals surface area contributed by atoms with E-state index in [1.165, 1.54) is 12.1 Å². The van der Waals surface area contributed by atoms with E-state index in [1.54, 1.807) is 29.0 Å². The molecule has 1 atom stereocenters. The highest BCUT2D eigenvalue weighted by atomic mass is 19.1. The number of aromatic nitrogens is 1.